The fourth-order valence-electron chi connectivity index (χ4n) is 3.75. The van der Waals surface area contributed by atoms with Crippen LogP contribution >= 0.6 is 0 Å². The Kier molecular flexibility index (Phi) is 7.07. The van der Waals surface area contributed by atoms with Gasteiger partial charge in [-0.15, -0.1) is 0 Å². The molecule has 1 atom stereocenters. The predicted molar refractivity (Wildman–Crippen MR) is 108 cm³/mol. The maximum absolute atomic E-state index is 13.1. The maximum Gasteiger partial charge on any atom is 0.416 e. The second-order valence-electron chi connectivity index (χ2n) is 8.20. The summed E-state index contributed by atoms with van der Waals surface area (Å²) in [6, 6.07) is 6.53. The maximum atomic E-state index is 13.1. The van der Waals surface area contributed by atoms with E-state index in [9.17, 15) is 26.3 Å². The zero-order chi connectivity index (χ0) is 24.4. The third-order valence-corrected chi connectivity index (χ3v) is 5.43. The Balaban J connectivity index is 1.84. The summed E-state index contributed by atoms with van der Waals surface area (Å²) >= 11 is 0. The summed E-state index contributed by atoms with van der Waals surface area (Å²) in [4.78, 5) is 5.33. The van der Waals surface area contributed by atoms with Crippen molar-refractivity contribution in [1.82, 2.24) is 4.90 Å². The van der Waals surface area contributed by atoms with E-state index in [0.717, 1.165) is 11.1 Å². The molecular formula is C23H22F6N2O2. The quantitative estimate of drug-likeness (QED) is 0.356. The van der Waals surface area contributed by atoms with Gasteiger partial charge in [-0.25, -0.2) is 4.85 Å². The van der Waals surface area contributed by atoms with E-state index in [4.69, 9.17) is 16.0 Å². The molecule has 0 aromatic heterocycles. The van der Waals surface area contributed by atoms with Gasteiger partial charge in [0.1, 0.15) is 5.60 Å². The van der Waals surface area contributed by atoms with Crippen molar-refractivity contribution in [3.8, 4) is 0 Å². The number of halogens is 6. The third kappa shape index (κ3) is 5.85. The van der Waals surface area contributed by atoms with Crippen LogP contribution in [-0.4, -0.2) is 32.1 Å². The summed E-state index contributed by atoms with van der Waals surface area (Å²) in [5.74, 6) is 0. The van der Waals surface area contributed by atoms with Gasteiger partial charge >= 0.3 is 12.4 Å². The molecule has 0 aliphatic carbocycles. The third-order valence-electron chi connectivity index (χ3n) is 5.43. The second kappa shape index (κ2) is 9.33. The highest BCUT2D eigenvalue weighted by Crippen LogP contribution is 2.42. The summed E-state index contributed by atoms with van der Waals surface area (Å²) in [5.41, 5.74) is -1.86. The molecule has 1 heterocycles. The van der Waals surface area contributed by atoms with E-state index < -0.39 is 35.7 Å². The van der Waals surface area contributed by atoms with Crippen LogP contribution in [0, 0.1) is 6.57 Å². The largest absolute Gasteiger partial charge is 0.416 e. The van der Waals surface area contributed by atoms with E-state index >= 15 is 0 Å². The molecule has 33 heavy (non-hydrogen) atoms. The van der Waals surface area contributed by atoms with Crippen LogP contribution in [0.15, 0.2) is 36.4 Å². The smallest absolute Gasteiger partial charge is 0.373 e. The Hall–Kier alpha value is -2.61. The minimum Gasteiger partial charge on any atom is -0.373 e. The molecule has 10 heteroatoms. The van der Waals surface area contributed by atoms with E-state index in [1.165, 1.54) is 0 Å². The van der Waals surface area contributed by atoms with Gasteiger partial charge in [0.2, 0.25) is 0 Å². The average molecular weight is 472 g/mol. The standard InChI is InChI=1S/C23H22F6N2O2/c1-30-19-4-5-20-16(10-19)13-33-21(20,6-7-31(2)3)14-32-12-15-8-17(22(24,25)26)11-18(9-15)23(27,28)29/h4-5,8-11H,6-7,12-14H2,2-3H3. The number of nitrogens with zero attached hydrogens (tertiary/aromatic N) is 2. The van der Waals surface area contributed by atoms with Gasteiger partial charge in [0.25, 0.3) is 0 Å². The van der Waals surface area contributed by atoms with Crippen LogP contribution in [0.4, 0.5) is 32.0 Å². The summed E-state index contributed by atoms with van der Waals surface area (Å²) in [5, 5.41) is 0. The molecule has 1 aliphatic rings. The first-order chi connectivity index (χ1) is 15.3. The van der Waals surface area contributed by atoms with Crippen LogP contribution in [0.1, 0.15) is 34.2 Å². The number of alkyl halides is 6. The van der Waals surface area contributed by atoms with E-state index in [-0.39, 0.29) is 24.8 Å². The normalized spacial score (nSPS) is 18.4. The lowest BCUT2D eigenvalue weighted by molar-refractivity contribution is -0.143. The van der Waals surface area contributed by atoms with E-state index in [2.05, 4.69) is 4.85 Å². The topological polar surface area (TPSA) is 26.1 Å². The Bertz CT molecular complexity index is 1010. The van der Waals surface area contributed by atoms with Crippen molar-refractivity contribution >= 4 is 5.69 Å². The van der Waals surface area contributed by atoms with Gasteiger partial charge in [-0.3, -0.25) is 0 Å². The SMILES string of the molecule is [C-]#[N+]c1ccc2c(c1)COC2(CCN(C)C)COCc1cc(C(F)(F)F)cc(C(F)(F)F)c1. The van der Waals surface area contributed by atoms with E-state index in [1.807, 2.05) is 19.0 Å². The number of ether oxygens (including phenoxy) is 2. The molecule has 2 aromatic rings. The molecule has 178 valence electrons. The molecule has 4 nitrogen and oxygen atoms in total. The Morgan fingerprint density at radius 2 is 1.67 bits per heavy atom. The van der Waals surface area contributed by atoms with Gasteiger partial charge < -0.3 is 14.4 Å². The number of hydrogen-bond donors (Lipinski definition) is 0. The molecule has 0 saturated heterocycles. The summed E-state index contributed by atoms with van der Waals surface area (Å²) < 4.78 is 90.4. The Morgan fingerprint density at radius 3 is 2.21 bits per heavy atom. The minimum atomic E-state index is -4.92. The first kappa shape index (κ1) is 25.0. The lowest BCUT2D eigenvalue weighted by Crippen LogP contribution is -2.35. The van der Waals surface area contributed by atoms with Gasteiger partial charge in [-0.05, 0) is 55.4 Å². The van der Waals surface area contributed by atoms with Crippen molar-refractivity contribution < 1.29 is 35.8 Å². The van der Waals surface area contributed by atoms with Crippen LogP contribution in [0.25, 0.3) is 4.85 Å². The highest BCUT2D eigenvalue weighted by Gasteiger charge is 2.41. The van der Waals surface area contributed by atoms with Gasteiger partial charge in [0.05, 0.1) is 37.5 Å². The van der Waals surface area contributed by atoms with Crippen molar-refractivity contribution in [2.75, 3.05) is 27.2 Å². The van der Waals surface area contributed by atoms with Gasteiger partial charge in [0.15, 0.2) is 5.69 Å². The van der Waals surface area contributed by atoms with Crippen LogP contribution in [-0.2, 0) is 40.6 Å². The van der Waals surface area contributed by atoms with Gasteiger partial charge in [0, 0.05) is 6.54 Å². The number of hydrogen-bond acceptors (Lipinski definition) is 3. The molecule has 2 aromatic carbocycles. The van der Waals surface area contributed by atoms with E-state index in [1.54, 1.807) is 18.2 Å². The Labute approximate surface area is 187 Å². The predicted octanol–water partition coefficient (Wildman–Crippen LogP) is 6.17. The molecule has 0 radical (unpaired) electrons. The van der Waals surface area contributed by atoms with E-state index in [0.29, 0.717) is 30.8 Å². The fraction of sp³-hybridized carbons (Fsp3) is 0.435. The number of fused-ring (bicyclic) bond motifs is 1. The molecule has 1 aliphatic heterocycles. The van der Waals surface area contributed by atoms with Crippen LogP contribution in [0.5, 0.6) is 0 Å². The van der Waals surface area contributed by atoms with Crippen LogP contribution in [0.2, 0.25) is 0 Å². The second-order valence-corrected chi connectivity index (χ2v) is 8.20. The molecule has 0 saturated carbocycles. The lowest BCUT2D eigenvalue weighted by Gasteiger charge is -2.31. The monoisotopic (exact) mass is 472 g/mol. The van der Waals surface area contributed by atoms with Crippen molar-refractivity contribution in [1.29, 1.82) is 0 Å². The molecule has 0 fully saturated rings. The summed E-state index contributed by atoms with van der Waals surface area (Å²) in [6.45, 7) is 7.49. The fourth-order valence-corrected chi connectivity index (χ4v) is 3.75. The molecule has 0 spiro atoms. The molecular weight excluding hydrogens is 450 g/mol. The zero-order valence-corrected chi connectivity index (χ0v) is 18.0. The van der Waals surface area contributed by atoms with Crippen molar-refractivity contribution in [3.05, 3.63) is 75.6 Å². The lowest BCUT2D eigenvalue weighted by atomic mass is 9.89. The van der Waals surface area contributed by atoms with Gasteiger partial charge in [-0.2, -0.15) is 26.3 Å². The molecule has 0 amide bonds. The number of rotatable bonds is 7. The van der Waals surface area contributed by atoms with Crippen molar-refractivity contribution in [2.24, 2.45) is 0 Å². The highest BCUT2D eigenvalue weighted by atomic mass is 19.4. The highest BCUT2D eigenvalue weighted by molar-refractivity contribution is 5.52. The molecule has 0 bridgehead atoms. The van der Waals surface area contributed by atoms with Crippen LogP contribution < -0.4 is 0 Å². The molecule has 0 N–H and O–H groups in total. The van der Waals surface area contributed by atoms with Crippen molar-refractivity contribution in [2.45, 2.75) is 37.6 Å². The van der Waals surface area contributed by atoms with Gasteiger partial charge in [-0.1, -0.05) is 18.2 Å². The number of benzene rings is 2. The minimum absolute atomic E-state index is 0.0667. The average Bonchev–Trinajstić information content (AvgIpc) is 3.09. The summed E-state index contributed by atoms with van der Waals surface area (Å²) in [7, 11) is 3.74. The molecule has 3 rings (SSSR count). The zero-order valence-electron chi connectivity index (χ0n) is 18.0. The van der Waals surface area contributed by atoms with Crippen LogP contribution in [0.3, 0.4) is 0 Å². The first-order valence-electron chi connectivity index (χ1n) is 10.00. The van der Waals surface area contributed by atoms with Crippen molar-refractivity contribution in [3.63, 3.8) is 0 Å². The molecule has 1 unspecified atom stereocenters. The Morgan fingerprint density at radius 1 is 1.03 bits per heavy atom. The summed E-state index contributed by atoms with van der Waals surface area (Å²) in [6.07, 6.45) is -9.35. The first-order valence-corrected chi connectivity index (χ1v) is 10.00.